The molecule has 0 bridgehead atoms. The number of piperidine rings is 1. The molecule has 0 aliphatic carbocycles. The molecule has 0 radical (unpaired) electrons. The number of ether oxygens (including phenoxy) is 1. The van der Waals surface area contributed by atoms with Crippen molar-refractivity contribution >= 4 is 22.8 Å². The highest BCUT2D eigenvalue weighted by Gasteiger charge is 2.27. The van der Waals surface area contributed by atoms with E-state index in [9.17, 15) is 0 Å². The molecule has 1 aliphatic rings. The molecule has 2 aromatic heterocycles. The summed E-state index contributed by atoms with van der Waals surface area (Å²) in [6.45, 7) is 8.21. The highest BCUT2D eigenvalue weighted by molar-refractivity contribution is 5.91. The first-order chi connectivity index (χ1) is 14.0. The largest absolute Gasteiger partial charge is 0.495 e. The highest BCUT2D eigenvalue weighted by atomic mass is 16.5. The van der Waals surface area contributed by atoms with Gasteiger partial charge >= 0.3 is 0 Å². The molecular weight excluding hydrogens is 362 g/mol. The van der Waals surface area contributed by atoms with Crippen LogP contribution in [0.3, 0.4) is 0 Å². The van der Waals surface area contributed by atoms with Gasteiger partial charge in [0, 0.05) is 17.5 Å². The van der Waals surface area contributed by atoms with Crippen LogP contribution >= 0.6 is 0 Å². The first-order valence-electron chi connectivity index (χ1n) is 10.1. The van der Waals surface area contributed by atoms with E-state index in [4.69, 9.17) is 15.5 Å². The third-order valence-corrected chi connectivity index (χ3v) is 5.72. The van der Waals surface area contributed by atoms with Crippen molar-refractivity contribution in [3.05, 3.63) is 48.4 Å². The van der Waals surface area contributed by atoms with Gasteiger partial charge in [-0.15, -0.1) is 0 Å². The Balaban J connectivity index is 1.89. The van der Waals surface area contributed by atoms with Crippen LogP contribution in [0.2, 0.25) is 0 Å². The Hall–Kier alpha value is -2.99. The number of fused-ring (bicyclic) bond motifs is 1. The second kappa shape index (κ2) is 7.79. The summed E-state index contributed by atoms with van der Waals surface area (Å²) in [5.41, 5.74) is 10.3. The summed E-state index contributed by atoms with van der Waals surface area (Å²) in [7, 11) is 3.85. The molecule has 3 N–H and O–H groups in total. The zero-order valence-electron chi connectivity index (χ0n) is 17.4. The zero-order valence-corrected chi connectivity index (χ0v) is 17.4. The molecule has 1 aromatic carbocycles. The van der Waals surface area contributed by atoms with E-state index >= 15 is 0 Å². The molecule has 4 rings (SSSR count). The lowest BCUT2D eigenvalue weighted by atomic mass is 9.96. The molecule has 0 atom stereocenters. The number of aromatic nitrogens is 3. The fourth-order valence-electron chi connectivity index (χ4n) is 4.23. The fraction of sp³-hybridized carbons (Fsp3) is 0.348. The number of imidazole rings is 1. The molecule has 1 aliphatic heterocycles. The molecule has 0 spiro atoms. The number of nitrogens with one attached hydrogen (secondary N) is 1. The van der Waals surface area contributed by atoms with E-state index in [0.29, 0.717) is 11.6 Å². The average molecular weight is 392 g/mol. The van der Waals surface area contributed by atoms with Gasteiger partial charge in [-0.25, -0.2) is 4.98 Å². The molecule has 6 nitrogen and oxygen atoms in total. The van der Waals surface area contributed by atoms with Gasteiger partial charge in [-0.3, -0.25) is 0 Å². The maximum atomic E-state index is 6.26. The number of hydrogen-bond acceptors (Lipinski definition) is 4. The summed E-state index contributed by atoms with van der Waals surface area (Å²) in [6, 6.07) is 8.11. The summed E-state index contributed by atoms with van der Waals surface area (Å²) >= 11 is 0. The van der Waals surface area contributed by atoms with E-state index in [2.05, 4.69) is 40.2 Å². The van der Waals surface area contributed by atoms with Gasteiger partial charge < -0.3 is 24.9 Å². The zero-order chi connectivity index (χ0) is 20.5. The minimum Gasteiger partial charge on any atom is -0.495 e. The van der Waals surface area contributed by atoms with Crippen LogP contribution in [-0.4, -0.2) is 46.7 Å². The number of para-hydroxylation sites is 1. The Morgan fingerprint density at radius 3 is 2.76 bits per heavy atom. The number of rotatable bonds is 5. The summed E-state index contributed by atoms with van der Waals surface area (Å²) in [6.07, 6.45) is 6.23. The van der Waals surface area contributed by atoms with Crippen LogP contribution in [0.25, 0.3) is 34.2 Å². The van der Waals surface area contributed by atoms with Crippen molar-refractivity contribution in [3.63, 3.8) is 0 Å². The van der Waals surface area contributed by atoms with E-state index in [1.807, 2.05) is 31.3 Å². The van der Waals surface area contributed by atoms with Gasteiger partial charge in [-0.05, 0) is 52.0 Å². The Morgan fingerprint density at radius 1 is 1.34 bits per heavy atom. The van der Waals surface area contributed by atoms with Gasteiger partial charge in [0.05, 0.1) is 29.7 Å². The lowest BCUT2D eigenvalue weighted by molar-refractivity contribution is 0.250. The number of hydrogen-bond donors (Lipinski definition) is 2. The average Bonchev–Trinajstić information content (AvgIpc) is 3.30. The molecule has 152 valence electrons. The van der Waals surface area contributed by atoms with E-state index < -0.39 is 0 Å². The molecule has 1 fully saturated rings. The smallest absolute Gasteiger partial charge is 0.142 e. The van der Waals surface area contributed by atoms with Crippen LogP contribution in [0.4, 0.5) is 0 Å². The SMILES string of the molecule is C=C(N)c1c(-c2cc3cccc(OC)c3[nH]2)nc(C2CCN(C)CC2)n1/C=C\C. The molecule has 0 saturated carbocycles. The Kier molecular flexibility index (Phi) is 5.20. The van der Waals surface area contributed by atoms with Gasteiger partial charge in [-0.1, -0.05) is 24.8 Å². The van der Waals surface area contributed by atoms with Crippen LogP contribution in [0, 0.1) is 0 Å². The highest BCUT2D eigenvalue weighted by Crippen LogP contribution is 2.36. The summed E-state index contributed by atoms with van der Waals surface area (Å²) in [5.74, 6) is 2.26. The third-order valence-electron chi connectivity index (χ3n) is 5.72. The van der Waals surface area contributed by atoms with Crippen molar-refractivity contribution in [3.8, 4) is 17.1 Å². The summed E-state index contributed by atoms with van der Waals surface area (Å²) in [5, 5.41) is 1.08. The molecule has 0 amide bonds. The number of methoxy groups -OCH3 is 1. The van der Waals surface area contributed by atoms with E-state index in [1.54, 1.807) is 7.11 Å². The van der Waals surface area contributed by atoms with Crippen LogP contribution in [0.5, 0.6) is 5.75 Å². The predicted molar refractivity (Wildman–Crippen MR) is 120 cm³/mol. The van der Waals surface area contributed by atoms with Gasteiger partial charge in [-0.2, -0.15) is 0 Å². The quantitative estimate of drug-likeness (QED) is 0.681. The number of nitrogens with two attached hydrogens (primary N) is 1. The Bertz CT molecular complexity index is 1070. The summed E-state index contributed by atoms with van der Waals surface area (Å²) in [4.78, 5) is 11.0. The molecule has 6 heteroatoms. The number of nitrogens with zero attached hydrogens (tertiary/aromatic N) is 3. The number of H-pyrrole nitrogens is 1. The standard InChI is InChI=1S/C23H29N5O/c1-5-11-28-22(15(2)24)21(26-23(28)16-9-12-27(3)13-10-16)18-14-17-7-6-8-19(29-4)20(17)25-18/h5-8,11,14,16,25H,2,9-10,12-13,24H2,1,3-4H3/b11-5-. The van der Waals surface area contributed by atoms with Gasteiger partial charge in [0.25, 0.3) is 0 Å². The molecular formula is C23H29N5O. The molecule has 29 heavy (non-hydrogen) atoms. The van der Waals surface area contributed by atoms with Crippen molar-refractivity contribution in [2.75, 3.05) is 27.2 Å². The van der Waals surface area contributed by atoms with Crippen LogP contribution in [0.15, 0.2) is 36.9 Å². The maximum absolute atomic E-state index is 6.26. The first-order valence-corrected chi connectivity index (χ1v) is 10.1. The third kappa shape index (κ3) is 3.44. The van der Waals surface area contributed by atoms with E-state index in [0.717, 1.165) is 65.5 Å². The maximum Gasteiger partial charge on any atom is 0.142 e. The second-order valence-electron chi connectivity index (χ2n) is 7.73. The van der Waals surface area contributed by atoms with Crippen LogP contribution in [0.1, 0.15) is 37.2 Å². The topological polar surface area (TPSA) is 72.1 Å². The van der Waals surface area contributed by atoms with E-state index in [-0.39, 0.29) is 0 Å². The lowest BCUT2D eigenvalue weighted by Crippen LogP contribution is -2.30. The lowest BCUT2D eigenvalue weighted by Gasteiger charge is -2.28. The molecule has 3 aromatic rings. The number of allylic oxidation sites excluding steroid dienone is 1. The van der Waals surface area contributed by atoms with Crippen molar-refractivity contribution in [1.29, 1.82) is 0 Å². The second-order valence-corrected chi connectivity index (χ2v) is 7.73. The number of likely N-dealkylation sites (tertiary alicyclic amines) is 1. The van der Waals surface area contributed by atoms with Crippen LogP contribution in [-0.2, 0) is 0 Å². The monoisotopic (exact) mass is 391 g/mol. The normalized spacial score (nSPS) is 16.1. The van der Waals surface area contributed by atoms with E-state index in [1.165, 1.54) is 0 Å². The molecule has 0 unspecified atom stereocenters. The van der Waals surface area contributed by atoms with Crippen LogP contribution < -0.4 is 10.5 Å². The van der Waals surface area contributed by atoms with Gasteiger partial charge in [0.2, 0.25) is 0 Å². The first kappa shape index (κ1) is 19.3. The van der Waals surface area contributed by atoms with Gasteiger partial charge in [0.15, 0.2) is 0 Å². The summed E-state index contributed by atoms with van der Waals surface area (Å²) < 4.78 is 7.63. The molecule has 3 heterocycles. The minimum atomic E-state index is 0.396. The Morgan fingerprint density at radius 2 is 2.10 bits per heavy atom. The minimum absolute atomic E-state index is 0.396. The van der Waals surface area contributed by atoms with Crippen molar-refractivity contribution < 1.29 is 4.74 Å². The molecule has 1 saturated heterocycles. The number of aromatic amines is 1. The number of benzene rings is 1. The van der Waals surface area contributed by atoms with Crippen molar-refractivity contribution in [2.45, 2.75) is 25.7 Å². The predicted octanol–water partition coefficient (Wildman–Crippen LogP) is 4.27. The fourth-order valence-corrected chi connectivity index (χ4v) is 4.23. The van der Waals surface area contributed by atoms with Crippen molar-refractivity contribution in [1.82, 2.24) is 19.4 Å². The Labute approximate surface area is 171 Å². The van der Waals surface area contributed by atoms with Crippen molar-refractivity contribution in [2.24, 2.45) is 5.73 Å². The van der Waals surface area contributed by atoms with Gasteiger partial charge in [0.1, 0.15) is 17.3 Å².